The second-order valence-electron chi connectivity index (χ2n) is 7.38. The van der Waals surface area contributed by atoms with Crippen LogP contribution in [0.3, 0.4) is 0 Å². The van der Waals surface area contributed by atoms with Gasteiger partial charge < -0.3 is 4.57 Å². The van der Waals surface area contributed by atoms with Crippen molar-refractivity contribution in [2.75, 3.05) is 5.75 Å². The number of rotatable bonds is 8. The number of aromatic nitrogens is 3. The number of amides is 1. The molecule has 1 aromatic heterocycles. The van der Waals surface area contributed by atoms with Crippen LogP contribution in [0.15, 0.2) is 95.2 Å². The average molecular weight is 456 g/mol. The van der Waals surface area contributed by atoms with Gasteiger partial charge in [0, 0.05) is 12.1 Å². The summed E-state index contributed by atoms with van der Waals surface area (Å²) in [5.41, 5.74) is 7.66. The van der Waals surface area contributed by atoms with Crippen molar-refractivity contribution in [1.29, 1.82) is 0 Å². The van der Waals surface area contributed by atoms with Crippen molar-refractivity contribution in [3.8, 4) is 22.5 Å². The minimum absolute atomic E-state index is 0.188. The van der Waals surface area contributed by atoms with E-state index in [0.29, 0.717) is 5.16 Å². The molecule has 7 heteroatoms. The Morgan fingerprint density at radius 3 is 2.12 bits per heavy atom. The third-order valence-electron chi connectivity index (χ3n) is 5.16. The van der Waals surface area contributed by atoms with E-state index in [0.717, 1.165) is 34.8 Å². The molecule has 0 radical (unpaired) electrons. The predicted molar refractivity (Wildman–Crippen MR) is 134 cm³/mol. The maximum absolute atomic E-state index is 12.4. The van der Waals surface area contributed by atoms with Crippen molar-refractivity contribution in [2.45, 2.75) is 25.5 Å². The standard InChI is InChI=1S/C26H25N5OS/c1-3-31-25(23-12-8-5-9-13-23)29-30-26(31)33-18-24(32)28-27-19(2)20-14-16-22(17-15-20)21-10-6-4-7-11-21/h4-17H,3,18H2,1-2H3,(H,28,32)/b27-19+. The Morgan fingerprint density at radius 2 is 1.48 bits per heavy atom. The van der Waals surface area contributed by atoms with Gasteiger partial charge in [-0.3, -0.25) is 4.79 Å². The Hall–Kier alpha value is -3.71. The summed E-state index contributed by atoms with van der Waals surface area (Å²) in [7, 11) is 0. The van der Waals surface area contributed by atoms with Gasteiger partial charge >= 0.3 is 0 Å². The van der Waals surface area contributed by atoms with E-state index < -0.39 is 0 Å². The van der Waals surface area contributed by atoms with Crippen LogP contribution in [0.2, 0.25) is 0 Å². The van der Waals surface area contributed by atoms with Crippen LogP contribution < -0.4 is 5.43 Å². The highest BCUT2D eigenvalue weighted by molar-refractivity contribution is 7.99. The van der Waals surface area contributed by atoms with Crippen molar-refractivity contribution in [1.82, 2.24) is 20.2 Å². The normalized spacial score (nSPS) is 11.4. The zero-order valence-corrected chi connectivity index (χ0v) is 19.4. The number of nitrogens with one attached hydrogen (secondary N) is 1. The molecular weight excluding hydrogens is 430 g/mol. The largest absolute Gasteiger partial charge is 0.302 e. The van der Waals surface area contributed by atoms with Crippen LogP contribution in [0.25, 0.3) is 22.5 Å². The van der Waals surface area contributed by atoms with E-state index in [1.165, 1.54) is 17.3 Å². The second kappa shape index (κ2) is 10.7. The molecule has 33 heavy (non-hydrogen) atoms. The van der Waals surface area contributed by atoms with E-state index in [2.05, 4.69) is 45.0 Å². The lowest BCUT2D eigenvalue weighted by atomic mass is 10.0. The van der Waals surface area contributed by atoms with E-state index in [1.54, 1.807) is 0 Å². The molecule has 4 aromatic rings. The summed E-state index contributed by atoms with van der Waals surface area (Å²) < 4.78 is 2.01. The van der Waals surface area contributed by atoms with Gasteiger partial charge in [-0.05, 0) is 30.5 Å². The van der Waals surface area contributed by atoms with Gasteiger partial charge in [0.1, 0.15) is 0 Å². The van der Waals surface area contributed by atoms with Crippen molar-refractivity contribution in [3.63, 3.8) is 0 Å². The van der Waals surface area contributed by atoms with Crippen LogP contribution in [0.1, 0.15) is 19.4 Å². The molecule has 3 aromatic carbocycles. The molecule has 0 aliphatic heterocycles. The van der Waals surface area contributed by atoms with Gasteiger partial charge in [-0.25, -0.2) is 5.43 Å². The fourth-order valence-corrected chi connectivity index (χ4v) is 4.18. The molecule has 0 unspecified atom stereocenters. The van der Waals surface area contributed by atoms with Crippen LogP contribution in [0.4, 0.5) is 0 Å². The number of hydrogen-bond donors (Lipinski definition) is 1. The van der Waals surface area contributed by atoms with Crippen LogP contribution in [-0.4, -0.2) is 32.1 Å². The number of hydrazone groups is 1. The molecule has 1 amide bonds. The monoisotopic (exact) mass is 455 g/mol. The Balaban J connectivity index is 1.35. The highest BCUT2D eigenvalue weighted by Gasteiger charge is 2.14. The third-order valence-corrected chi connectivity index (χ3v) is 6.12. The van der Waals surface area contributed by atoms with Gasteiger partial charge in [-0.2, -0.15) is 5.10 Å². The van der Waals surface area contributed by atoms with Crippen LogP contribution in [-0.2, 0) is 11.3 Å². The quantitative estimate of drug-likeness (QED) is 0.223. The summed E-state index contributed by atoms with van der Waals surface area (Å²) >= 11 is 1.35. The number of benzene rings is 3. The smallest absolute Gasteiger partial charge is 0.250 e. The van der Waals surface area contributed by atoms with Crippen LogP contribution in [0, 0.1) is 0 Å². The number of carbonyl (C=O) groups is 1. The lowest BCUT2D eigenvalue weighted by Crippen LogP contribution is -2.21. The van der Waals surface area contributed by atoms with E-state index in [9.17, 15) is 4.79 Å². The fourth-order valence-electron chi connectivity index (χ4n) is 3.39. The van der Waals surface area contributed by atoms with Gasteiger partial charge in [0.15, 0.2) is 11.0 Å². The molecule has 0 aliphatic carbocycles. The molecule has 0 fully saturated rings. The molecule has 0 spiro atoms. The summed E-state index contributed by atoms with van der Waals surface area (Å²) in [6.45, 7) is 4.64. The molecule has 0 saturated heterocycles. The van der Waals surface area contributed by atoms with Crippen molar-refractivity contribution in [2.24, 2.45) is 5.10 Å². The van der Waals surface area contributed by atoms with E-state index >= 15 is 0 Å². The van der Waals surface area contributed by atoms with Gasteiger partial charge in [0.25, 0.3) is 5.91 Å². The number of carbonyl (C=O) groups excluding carboxylic acids is 1. The fraction of sp³-hybridized carbons (Fsp3) is 0.154. The molecule has 166 valence electrons. The number of hydrogen-bond acceptors (Lipinski definition) is 5. The molecule has 4 rings (SSSR count). The van der Waals surface area contributed by atoms with Crippen molar-refractivity contribution >= 4 is 23.4 Å². The second-order valence-corrected chi connectivity index (χ2v) is 8.32. The third kappa shape index (κ3) is 5.56. The van der Waals surface area contributed by atoms with Crippen LogP contribution >= 0.6 is 11.8 Å². The summed E-state index contributed by atoms with van der Waals surface area (Å²) in [6.07, 6.45) is 0. The maximum Gasteiger partial charge on any atom is 0.250 e. The summed E-state index contributed by atoms with van der Waals surface area (Å²) in [5.74, 6) is 0.817. The first-order chi connectivity index (χ1) is 16.2. The lowest BCUT2D eigenvalue weighted by Gasteiger charge is -2.07. The minimum Gasteiger partial charge on any atom is -0.302 e. The van der Waals surface area contributed by atoms with Gasteiger partial charge in [-0.1, -0.05) is 96.7 Å². The van der Waals surface area contributed by atoms with Gasteiger partial charge in [0.05, 0.1) is 11.5 Å². The Labute approximate surface area is 197 Å². The Morgan fingerprint density at radius 1 is 0.879 bits per heavy atom. The lowest BCUT2D eigenvalue weighted by molar-refractivity contribution is -0.118. The molecule has 0 saturated carbocycles. The van der Waals surface area contributed by atoms with Gasteiger partial charge in [-0.15, -0.1) is 10.2 Å². The molecule has 0 bridgehead atoms. The zero-order valence-electron chi connectivity index (χ0n) is 18.6. The summed E-state index contributed by atoms with van der Waals surface area (Å²) in [5, 5.41) is 13.6. The first-order valence-electron chi connectivity index (χ1n) is 10.8. The highest BCUT2D eigenvalue weighted by atomic mass is 32.2. The Kier molecular flexibility index (Phi) is 7.32. The minimum atomic E-state index is -0.188. The SMILES string of the molecule is CCn1c(SCC(=O)N/N=C(\C)c2ccc(-c3ccccc3)cc2)nnc1-c1ccccc1. The molecule has 6 nitrogen and oxygen atoms in total. The maximum atomic E-state index is 12.4. The molecule has 1 heterocycles. The van der Waals surface area contributed by atoms with E-state index in [1.807, 2.05) is 79.1 Å². The zero-order chi connectivity index (χ0) is 23.0. The first-order valence-corrected chi connectivity index (χ1v) is 11.7. The Bertz CT molecular complexity index is 1230. The van der Waals surface area contributed by atoms with E-state index in [-0.39, 0.29) is 11.7 Å². The van der Waals surface area contributed by atoms with Crippen LogP contribution in [0.5, 0.6) is 0 Å². The number of thioether (sulfide) groups is 1. The predicted octanol–water partition coefficient (Wildman–Crippen LogP) is 5.26. The van der Waals surface area contributed by atoms with Crippen molar-refractivity contribution in [3.05, 3.63) is 90.5 Å². The van der Waals surface area contributed by atoms with E-state index in [4.69, 9.17) is 0 Å². The van der Waals surface area contributed by atoms with Crippen molar-refractivity contribution < 1.29 is 4.79 Å². The summed E-state index contributed by atoms with van der Waals surface area (Å²) in [6, 6.07) is 28.3. The molecule has 0 atom stereocenters. The number of nitrogens with zero attached hydrogens (tertiary/aromatic N) is 4. The average Bonchev–Trinajstić information content (AvgIpc) is 3.30. The first kappa shape index (κ1) is 22.5. The highest BCUT2D eigenvalue weighted by Crippen LogP contribution is 2.23. The molecule has 1 N–H and O–H groups in total. The molecule has 0 aliphatic rings. The van der Waals surface area contributed by atoms with Gasteiger partial charge in [0.2, 0.25) is 0 Å². The summed E-state index contributed by atoms with van der Waals surface area (Å²) in [4.78, 5) is 12.4. The topological polar surface area (TPSA) is 72.2 Å². The molecular formula is C26H25N5OS.